The van der Waals surface area contributed by atoms with Gasteiger partial charge in [0, 0.05) is 17.6 Å². The first-order chi connectivity index (χ1) is 14.5. The minimum absolute atomic E-state index is 0.0175. The van der Waals surface area contributed by atoms with Gasteiger partial charge in [-0.25, -0.2) is 4.98 Å². The summed E-state index contributed by atoms with van der Waals surface area (Å²) in [7, 11) is 0. The van der Waals surface area contributed by atoms with Crippen molar-refractivity contribution >= 4 is 34.5 Å². The quantitative estimate of drug-likeness (QED) is 0.499. The van der Waals surface area contributed by atoms with Crippen molar-refractivity contribution in [3.63, 3.8) is 0 Å². The second-order valence-electron chi connectivity index (χ2n) is 6.83. The van der Waals surface area contributed by atoms with Crippen LogP contribution in [0.25, 0.3) is 5.57 Å². The molecule has 2 heterocycles. The Hall–Kier alpha value is -3.76. The number of rotatable bonds is 3. The fourth-order valence-electron chi connectivity index (χ4n) is 3.18. The third kappa shape index (κ3) is 4.55. The van der Waals surface area contributed by atoms with Gasteiger partial charge >= 0.3 is 6.18 Å². The van der Waals surface area contributed by atoms with Crippen LogP contribution < -0.4 is 21.4 Å². The molecule has 162 valence electrons. The lowest BCUT2D eigenvalue weighted by molar-refractivity contribution is -0.137. The predicted molar refractivity (Wildman–Crippen MR) is 105 cm³/mol. The molecular weight excluding hydrogens is 418 g/mol. The number of hydrogen-bond donors (Lipinski definition) is 3. The van der Waals surface area contributed by atoms with Crippen LogP contribution in [0, 0.1) is 12.9 Å². The van der Waals surface area contributed by atoms with Crippen LogP contribution in [-0.4, -0.2) is 29.1 Å². The molecule has 0 unspecified atom stereocenters. The molecule has 0 radical (unpaired) electrons. The third-order valence-electron chi connectivity index (χ3n) is 4.60. The summed E-state index contributed by atoms with van der Waals surface area (Å²) < 4.78 is 52.7. The van der Waals surface area contributed by atoms with Gasteiger partial charge in [-0.1, -0.05) is 0 Å². The number of halogens is 4. The maximum absolute atomic E-state index is 14.6. The Morgan fingerprint density at radius 3 is 2.55 bits per heavy atom. The molecular formula is C20H18F4N5O2+. The summed E-state index contributed by atoms with van der Waals surface area (Å²) in [5.41, 5.74) is 5.14. The Morgan fingerprint density at radius 2 is 1.97 bits per heavy atom. The Balaban J connectivity index is 1.90. The van der Waals surface area contributed by atoms with E-state index in [9.17, 15) is 27.2 Å². The molecule has 0 saturated carbocycles. The topological polar surface area (TPSA) is 114 Å². The molecule has 2 amide bonds. The number of fused-ring (bicyclic) bond motifs is 1. The smallest absolute Gasteiger partial charge is 0.404 e. The number of pyridine rings is 1. The number of alkyl halides is 3. The second kappa shape index (κ2) is 8.17. The number of nitrogens with zero attached hydrogens (tertiary/aromatic N) is 2. The molecule has 0 fully saturated rings. The van der Waals surface area contributed by atoms with Crippen molar-refractivity contribution < 1.29 is 32.6 Å². The number of nitrogens with two attached hydrogens (primary N) is 2. The van der Waals surface area contributed by atoms with Crippen LogP contribution in [-0.2, 0) is 15.8 Å². The van der Waals surface area contributed by atoms with Gasteiger partial charge in [-0.2, -0.15) is 17.6 Å². The van der Waals surface area contributed by atoms with Crippen molar-refractivity contribution in [3.05, 3.63) is 59.3 Å². The molecule has 31 heavy (non-hydrogen) atoms. The maximum Gasteiger partial charge on any atom is 0.416 e. The Labute approximate surface area is 174 Å². The van der Waals surface area contributed by atoms with E-state index in [1.165, 1.54) is 13.0 Å². The fraction of sp³-hybridized carbons (Fsp3) is 0.200. The van der Waals surface area contributed by atoms with E-state index in [0.29, 0.717) is 0 Å². The van der Waals surface area contributed by atoms with Gasteiger partial charge in [0.05, 0.1) is 22.4 Å². The summed E-state index contributed by atoms with van der Waals surface area (Å²) in [5, 5.41) is 8.32. The Bertz CT molecular complexity index is 1090. The normalized spacial score (nSPS) is 15.6. The van der Waals surface area contributed by atoms with E-state index in [0.717, 1.165) is 35.4 Å². The average molecular weight is 436 g/mol. The van der Waals surface area contributed by atoms with E-state index in [1.807, 2.05) is 0 Å². The number of hydrogen-bond acceptors (Lipinski definition) is 4. The third-order valence-corrected chi connectivity index (χ3v) is 4.60. The van der Waals surface area contributed by atoms with Crippen LogP contribution in [0.5, 0.6) is 0 Å². The molecule has 0 aliphatic carbocycles. The van der Waals surface area contributed by atoms with E-state index in [2.05, 4.69) is 10.3 Å². The summed E-state index contributed by atoms with van der Waals surface area (Å²) in [6.45, 7) is 0.985. The van der Waals surface area contributed by atoms with Gasteiger partial charge in [0.15, 0.2) is 5.71 Å². The Morgan fingerprint density at radius 1 is 1.32 bits per heavy atom. The zero-order chi connectivity index (χ0) is 22.9. The van der Waals surface area contributed by atoms with Gasteiger partial charge < -0.3 is 16.0 Å². The van der Waals surface area contributed by atoms with Crippen molar-refractivity contribution in [1.29, 1.82) is 0 Å². The van der Waals surface area contributed by atoms with Crippen LogP contribution >= 0.6 is 0 Å². The zero-order valence-electron chi connectivity index (χ0n) is 16.3. The van der Waals surface area contributed by atoms with Crippen molar-refractivity contribution in [3.8, 4) is 0 Å². The van der Waals surface area contributed by atoms with Gasteiger partial charge in [-0.3, -0.25) is 15.0 Å². The van der Waals surface area contributed by atoms with Crippen molar-refractivity contribution in [2.75, 3.05) is 16.8 Å². The molecule has 0 atom stereocenters. The molecule has 11 heteroatoms. The molecule has 5 N–H and O–H groups in total. The standard InChI is InChI=1S/C20H17F4N5O2/c1-10-6-15-18(19(21)27-10)13(8-25)14(26)7-17(31)29(15)9-16(30)28-12-4-2-11(3-5-12)20(22,23)24/h2-6,8,26H,7,9,25H2,1H3,(H,28,30)/p+1/b13-8+,26-14?. The fourth-order valence-corrected chi connectivity index (χ4v) is 3.18. The van der Waals surface area contributed by atoms with Crippen molar-refractivity contribution in [2.24, 2.45) is 5.73 Å². The largest absolute Gasteiger partial charge is 0.416 e. The summed E-state index contributed by atoms with van der Waals surface area (Å²) in [4.78, 5) is 30.0. The second-order valence-corrected chi connectivity index (χ2v) is 6.83. The summed E-state index contributed by atoms with van der Waals surface area (Å²) in [6.07, 6.45) is -3.76. The highest BCUT2D eigenvalue weighted by atomic mass is 19.4. The van der Waals surface area contributed by atoms with Gasteiger partial charge in [0.1, 0.15) is 13.0 Å². The molecule has 1 aromatic heterocycles. The number of aryl methyl sites for hydroxylation is 1. The highest BCUT2D eigenvalue weighted by Gasteiger charge is 2.34. The number of carbonyl (C=O) groups excluding carboxylic acids is 2. The lowest BCUT2D eigenvalue weighted by Crippen LogP contribution is -2.44. The summed E-state index contributed by atoms with van der Waals surface area (Å²) in [6, 6.07) is 5.24. The molecule has 2 aromatic rings. The predicted octanol–water partition coefficient (Wildman–Crippen LogP) is 1.42. The number of nitrogens with one attached hydrogen (secondary N) is 1. The van der Waals surface area contributed by atoms with E-state index in [1.54, 1.807) is 0 Å². The Kier molecular flexibility index (Phi) is 5.78. The number of carbonyl (C=O) groups is 2. The first-order valence-corrected chi connectivity index (χ1v) is 8.99. The minimum atomic E-state index is -4.51. The van der Waals surface area contributed by atoms with Crippen LogP contribution in [0.4, 0.5) is 28.9 Å². The van der Waals surface area contributed by atoms with Gasteiger partial charge in [-0.05, 0) is 37.3 Å². The monoisotopic (exact) mass is 436 g/mol. The summed E-state index contributed by atoms with van der Waals surface area (Å²) >= 11 is 0. The van der Waals surface area contributed by atoms with Crippen LogP contribution in [0.1, 0.15) is 23.2 Å². The number of benzene rings is 1. The minimum Gasteiger partial charge on any atom is -0.404 e. The van der Waals surface area contributed by atoms with Gasteiger partial charge in [-0.15, -0.1) is 0 Å². The van der Waals surface area contributed by atoms with E-state index >= 15 is 0 Å². The van der Waals surface area contributed by atoms with Gasteiger partial charge in [0.25, 0.3) is 0 Å². The summed E-state index contributed by atoms with van der Waals surface area (Å²) in [5.74, 6) is -2.19. The lowest BCUT2D eigenvalue weighted by Gasteiger charge is -2.22. The molecule has 3 rings (SSSR count). The first-order valence-electron chi connectivity index (χ1n) is 8.99. The zero-order valence-corrected chi connectivity index (χ0v) is 16.3. The van der Waals surface area contributed by atoms with Gasteiger partial charge in [0.2, 0.25) is 17.8 Å². The van der Waals surface area contributed by atoms with Crippen LogP contribution in [0.3, 0.4) is 0 Å². The van der Waals surface area contributed by atoms with E-state index in [4.69, 9.17) is 11.1 Å². The molecule has 7 nitrogen and oxygen atoms in total. The first kappa shape index (κ1) is 21.9. The maximum atomic E-state index is 14.6. The number of aromatic nitrogens is 1. The number of anilines is 2. The molecule has 0 saturated heterocycles. The molecule has 0 bridgehead atoms. The van der Waals surface area contributed by atoms with Crippen LogP contribution in [0.2, 0.25) is 0 Å². The number of amides is 2. The lowest BCUT2D eigenvalue weighted by atomic mass is 10.0. The van der Waals surface area contributed by atoms with E-state index in [-0.39, 0.29) is 40.3 Å². The molecule has 0 spiro atoms. The molecule has 1 aliphatic rings. The molecule has 1 aliphatic heterocycles. The van der Waals surface area contributed by atoms with E-state index < -0.39 is 36.0 Å². The average Bonchev–Trinajstić information content (AvgIpc) is 2.76. The molecule has 1 aromatic carbocycles. The highest BCUT2D eigenvalue weighted by molar-refractivity contribution is 6.30. The van der Waals surface area contributed by atoms with Crippen LogP contribution in [0.15, 0.2) is 36.5 Å². The number of allylic oxidation sites excluding steroid dienone is 1. The van der Waals surface area contributed by atoms with Crippen molar-refractivity contribution in [1.82, 2.24) is 4.98 Å². The van der Waals surface area contributed by atoms with Crippen molar-refractivity contribution in [2.45, 2.75) is 19.5 Å². The highest BCUT2D eigenvalue weighted by Crippen LogP contribution is 2.34. The SMILES string of the molecule is Cc1cc2c(c(F)n1)/C(=C/N)C(=[NH2+])CC(=O)N2CC(=O)Nc1ccc(C(F)(F)F)cc1.